The number of benzene rings is 1. The van der Waals surface area contributed by atoms with E-state index in [0.29, 0.717) is 11.0 Å². The maximum absolute atomic E-state index is 5.34. The van der Waals surface area contributed by atoms with Gasteiger partial charge in [-0.3, -0.25) is 0 Å². The van der Waals surface area contributed by atoms with Crippen LogP contribution in [0.2, 0.25) is 0 Å². The molecule has 0 fully saturated rings. The summed E-state index contributed by atoms with van der Waals surface area (Å²) in [5.41, 5.74) is 1.15. The molecule has 0 atom stereocenters. The molecule has 0 aliphatic heterocycles. The van der Waals surface area contributed by atoms with E-state index in [2.05, 4.69) is 30.5 Å². The van der Waals surface area contributed by atoms with Crippen molar-refractivity contribution >= 4 is 40.1 Å². The summed E-state index contributed by atoms with van der Waals surface area (Å²) in [5.74, 6) is 0. The minimum atomic E-state index is 0.564. The van der Waals surface area contributed by atoms with Crippen molar-refractivity contribution in [3.63, 3.8) is 0 Å². The number of ether oxygens (including phenoxy) is 1. The molecule has 0 spiro atoms. The van der Waals surface area contributed by atoms with E-state index in [1.54, 1.807) is 11.8 Å². The average Bonchev–Trinajstić information content (AvgIpc) is 2.26. The van der Waals surface area contributed by atoms with Crippen molar-refractivity contribution in [1.82, 2.24) is 0 Å². The average molecular weight is 244 g/mol. The third-order valence-electron chi connectivity index (χ3n) is 1.68. The predicted octanol–water partition coefficient (Wildman–Crippen LogP) is 3.57. The van der Waals surface area contributed by atoms with E-state index in [4.69, 9.17) is 17.0 Å². The van der Waals surface area contributed by atoms with Crippen LogP contribution in [-0.2, 0) is 11.3 Å². The zero-order chi connectivity index (χ0) is 10.4. The lowest BCUT2D eigenvalue weighted by molar-refractivity contribution is 0.310. The van der Waals surface area contributed by atoms with Crippen molar-refractivity contribution in [3.8, 4) is 0 Å². The maximum atomic E-state index is 5.34. The Bertz CT molecular complexity index is 295. The molecule has 1 aromatic rings. The lowest BCUT2D eigenvalue weighted by atomic mass is 10.2. The van der Waals surface area contributed by atoms with Crippen LogP contribution in [0.5, 0.6) is 0 Å². The van der Waals surface area contributed by atoms with Crippen LogP contribution >= 0.6 is 35.7 Å². The molecule has 14 heavy (non-hydrogen) atoms. The molecule has 0 N–H and O–H groups in total. The molecule has 0 bridgehead atoms. The van der Waals surface area contributed by atoms with Gasteiger partial charge >= 0.3 is 0 Å². The fourth-order valence-corrected chi connectivity index (χ4v) is 1.57. The Hall–Kier alpha value is -0.190. The van der Waals surface area contributed by atoms with Crippen LogP contribution in [0.15, 0.2) is 29.2 Å². The maximum Gasteiger partial charge on any atom is 0.220 e. The van der Waals surface area contributed by atoms with Crippen molar-refractivity contribution < 1.29 is 4.74 Å². The molecule has 0 unspecified atom stereocenters. The smallest absolute Gasteiger partial charge is 0.220 e. The highest BCUT2D eigenvalue weighted by atomic mass is 32.2. The summed E-state index contributed by atoms with van der Waals surface area (Å²) in [6.45, 7) is 0.564. The van der Waals surface area contributed by atoms with Gasteiger partial charge in [-0.2, -0.15) is 0 Å². The van der Waals surface area contributed by atoms with Crippen molar-refractivity contribution in [2.24, 2.45) is 0 Å². The lowest BCUT2D eigenvalue weighted by Crippen LogP contribution is -1.96. The normalized spacial score (nSPS) is 9.86. The first kappa shape index (κ1) is 11.9. The van der Waals surface area contributed by atoms with Crippen LogP contribution in [-0.4, -0.2) is 16.9 Å². The molecule has 0 aromatic heterocycles. The summed E-state index contributed by atoms with van der Waals surface area (Å²) in [4.78, 5) is 1.26. The van der Waals surface area contributed by atoms with Gasteiger partial charge in [-0.1, -0.05) is 23.9 Å². The number of hydrogen-bond donors (Lipinski definition) is 0. The van der Waals surface area contributed by atoms with Crippen LogP contribution in [0.3, 0.4) is 0 Å². The molecule has 1 nitrogen and oxygen atoms in total. The molecule has 0 aliphatic carbocycles. The van der Waals surface area contributed by atoms with Gasteiger partial charge in [-0.05, 0) is 42.4 Å². The van der Waals surface area contributed by atoms with Crippen LogP contribution in [0.4, 0.5) is 0 Å². The predicted molar refractivity (Wildman–Crippen MR) is 69.1 cm³/mol. The molecule has 0 aliphatic rings. The van der Waals surface area contributed by atoms with Gasteiger partial charge in [-0.25, -0.2) is 0 Å². The number of thiocarbonyl (C=S) groups is 1. The molecular formula is C10H12OS3. The summed E-state index contributed by atoms with van der Waals surface area (Å²) in [7, 11) is 0. The minimum absolute atomic E-state index is 0.564. The molecule has 0 amide bonds. The Balaban J connectivity index is 2.47. The van der Waals surface area contributed by atoms with Crippen LogP contribution < -0.4 is 0 Å². The SMILES string of the molecule is CSC(=S)OCc1ccc(SC)cc1. The summed E-state index contributed by atoms with van der Waals surface area (Å²) < 4.78 is 5.93. The van der Waals surface area contributed by atoms with Crippen molar-refractivity contribution in [2.75, 3.05) is 12.5 Å². The van der Waals surface area contributed by atoms with E-state index < -0.39 is 0 Å². The Morgan fingerprint density at radius 2 is 1.93 bits per heavy atom. The molecular weight excluding hydrogens is 232 g/mol. The van der Waals surface area contributed by atoms with E-state index in [-0.39, 0.29) is 0 Å². The number of thioether (sulfide) groups is 2. The second-order valence-corrected chi connectivity index (χ2v) is 4.88. The Labute approximate surface area is 98.6 Å². The highest BCUT2D eigenvalue weighted by Crippen LogP contribution is 2.15. The molecule has 1 rings (SSSR count). The second kappa shape index (κ2) is 6.32. The van der Waals surface area contributed by atoms with Crippen LogP contribution in [0, 0.1) is 0 Å². The quantitative estimate of drug-likeness (QED) is 0.593. The first-order chi connectivity index (χ1) is 6.76. The fourth-order valence-electron chi connectivity index (χ4n) is 0.923. The van der Waals surface area contributed by atoms with Gasteiger partial charge in [0.1, 0.15) is 6.61 Å². The molecule has 76 valence electrons. The molecule has 0 saturated heterocycles. The van der Waals surface area contributed by atoms with E-state index in [9.17, 15) is 0 Å². The number of rotatable bonds is 3. The van der Waals surface area contributed by atoms with Gasteiger partial charge < -0.3 is 4.74 Å². The molecule has 4 heteroatoms. The second-order valence-electron chi connectivity index (χ2n) is 2.59. The zero-order valence-corrected chi connectivity index (χ0v) is 10.6. The molecule has 0 heterocycles. The molecule has 0 saturated carbocycles. The Morgan fingerprint density at radius 1 is 1.29 bits per heavy atom. The number of hydrogen-bond acceptors (Lipinski definition) is 4. The lowest BCUT2D eigenvalue weighted by Gasteiger charge is -2.05. The third kappa shape index (κ3) is 3.90. The van der Waals surface area contributed by atoms with Crippen LogP contribution in [0.25, 0.3) is 0 Å². The van der Waals surface area contributed by atoms with Gasteiger partial charge in [0.15, 0.2) is 0 Å². The van der Waals surface area contributed by atoms with Crippen molar-refractivity contribution in [3.05, 3.63) is 29.8 Å². The van der Waals surface area contributed by atoms with E-state index in [1.165, 1.54) is 16.7 Å². The largest absolute Gasteiger partial charge is 0.474 e. The zero-order valence-electron chi connectivity index (χ0n) is 8.15. The third-order valence-corrected chi connectivity index (χ3v) is 3.50. The summed E-state index contributed by atoms with van der Waals surface area (Å²) in [5, 5.41) is 0. The van der Waals surface area contributed by atoms with E-state index in [0.717, 1.165) is 5.56 Å². The van der Waals surface area contributed by atoms with Crippen LogP contribution in [0.1, 0.15) is 5.56 Å². The Kier molecular flexibility index (Phi) is 5.37. The Morgan fingerprint density at radius 3 is 2.43 bits per heavy atom. The minimum Gasteiger partial charge on any atom is -0.474 e. The topological polar surface area (TPSA) is 9.23 Å². The standard InChI is InChI=1S/C10H12OS3/c1-13-9-5-3-8(4-6-9)7-11-10(12)14-2/h3-6H,7H2,1-2H3. The first-order valence-electron chi connectivity index (χ1n) is 4.10. The highest BCUT2D eigenvalue weighted by molar-refractivity contribution is 8.22. The molecule has 0 radical (unpaired) electrons. The van der Waals surface area contributed by atoms with Crippen molar-refractivity contribution in [1.29, 1.82) is 0 Å². The van der Waals surface area contributed by atoms with Gasteiger partial charge in [0, 0.05) is 4.90 Å². The summed E-state index contributed by atoms with van der Waals surface area (Å²) >= 11 is 8.13. The van der Waals surface area contributed by atoms with Crippen molar-refractivity contribution in [2.45, 2.75) is 11.5 Å². The monoisotopic (exact) mass is 244 g/mol. The first-order valence-corrected chi connectivity index (χ1v) is 6.95. The van der Waals surface area contributed by atoms with E-state index >= 15 is 0 Å². The van der Waals surface area contributed by atoms with Gasteiger partial charge in [0.2, 0.25) is 4.38 Å². The fraction of sp³-hybridized carbons (Fsp3) is 0.300. The van der Waals surface area contributed by atoms with Gasteiger partial charge in [0.25, 0.3) is 0 Å². The van der Waals surface area contributed by atoms with Gasteiger partial charge in [-0.15, -0.1) is 11.8 Å². The van der Waals surface area contributed by atoms with Gasteiger partial charge in [0.05, 0.1) is 0 Å². The highest BCUT2D eigenvalue weighted by Gasteiger charge is 1.97. The van der Waals surface area contributed by atoms with E-state index in [1.807, 2.05) is 6.26 Å². The summed E-state index contributed by atoms with van der Waals surface area (Å²) in [6, 6.07) is 8.31. The summed E-state index contributed by atoms with van der Waals surface area (Å²) in [6.07, 6.45) is 3.98. The molecule has 1 aromatic carbocycles.